The number of imidazole rings is 1. The van der Waals surface area contributed by atoms with Gasteiger partial charge in [0.15, 0.2) is 0 Å². The van der Waals surface area contributed by atoms with Gasteiger partial charge in [-0.05, 0) is 25.8 Å². The summed E-state index contributed by atoms with van der Waals surface area (Å²) in [6.07, 6.45) is 4.37. The van der Waals surface area contributed by atoms with Gasteiger partial charge in [-0.25, -0.2) is 9.78 Å². The Kier molecular flexibility index (Phi) is 12.8. The first-order chi connectivity index (χ1) is 15.2. The number of hydrogen-bond donors (Lipinski definition) is 9. The first-order valence-electron chi connectivity index (χ1n) is 10.0. The van der Waals surface area contributed by atoms with Gasteiger partial charge in [0.05, 0.1) is 12.4 Å². The topological polar surface area (TPSA) is 205 Å². The number of aliphatic carboxylic acids is 1. The molecule has 0 unspecified atom stereocenters. The van der Waals surface area contributed by atoms with Crippen LogP contribution in [0.15, 0.2) is 12.5 Å². The van der Waals surface area contributed by atoms with Crippen molar-refractivity contribution in [1.29, 1.82) is 0 Å². The van der Waals surface area contributed by atoms with Crippen molar-refractivity contribution in [3.05, 3.63) is 18.2 Å². The number of rotatable bonds is 15. The molecule has 0 aromatic carbocycles. The number of nitrogens with zero attached hydrogens (tertiary/aromatic N) is 1. The number of carboxylic acid groups (broad SMARTS) is 1. The number of hydrogen-bond acceptors (Lipinski definition) is 9. The number of carbonyl (C=O) groups excluding carboxylic acids is 3. The van der Waals surface area contributed by atoms with Gasteiger partial charge in [0.25, 0.3) is 0 Å². The Morgan fingerprint density at radius 3 is 2.16 bits per heavy atom. The monoisotopic (exact) mass is 489 g/mol. The number of nitrogens with one attached hydrogen (secondary N) is 4. The summed E-state index contributed by atoms with van der Waals surface area (Å²) in [5, 5.41) is 16.7. The molecule has 1 rings (SSSR count). The Balaban J connectivity index is 2.98. The van der Waals surface area contributed by atoms with Gasteiger partial charge in [0, 0.05) is 29.8 Å². The standard InChI is InChI=1S/C18H31N7O5S2/c19-4-2-1-3-12(16(27)25-14(8-32)18(29)30)23-17(28)13(5-10-6-21-9-22-10)24-15(26)11(20)7-31/h6,9,11-14,31-32H,1-5,7-8,19-20H2,(H,21,22)(H,23,28)(H,24,26)(H,25,27)(H,29,30)/t11-,12-,13-,14-/m0/s1. The number of H-pyrrole nitrogens is 1. The highest BCUT2D eigenvalue weighted by atomic mass is 32.1. The predicted octanol–water partition coefficient (Wildman–Crippen LogP) is -2.19. The molecule has 0 aliphatic carbocycles. The van der Waals surface area contributed by atoms with Crippen LogP contribution in [0.2, 0.25) is 0 Å². The molecule has 0 saturated carbocycles. The van der Waals surface area contributed by atoms with Crippen LogP contribution in [0.25, 0.3) is 0 Å². The molecule has 0 aliphatic rings. The highest BCUT2D eigenvalue weighted by Gasteiger charge is 2.30. The molecule has 0 radical (unpaired) electrons. The maximum Gasteiger partial charge on any atom is 0.327 e. The number of aromatic nitrogens is 2. The van der Waals surface area contributed by atoms with Crippen LogP contribution in [-0.2, 0) is 25.6 Å². The molecule has 1 aromatic rings. The van der Waals surface area contributed by atoms with Crippen molar-refractivity contribution in [3.63, 3.8) is 0 Å². The van der Waals surface area contributed by atoms with Gasteiger partial charge in [-0.1, -0.05) is 0 Å². The molecule has 0 bridgehead atoms. The van der Waals surface area contributed by atoms with E-state index in [9.17, 15) is 19.2 Å². The fraction of sp³-hybridized carbons (Fsp3) is 0.611. The summed E-state index contributed by atoms with van der Waals surface area (Å²) < 4.78 is 0. The second-order valence-electron chi connectivity index (χ2n) is 7.06. The van der Waals surface area contributed by atoms with Gasteiger partial charge in [0.2, 0.25) is 17.7 Å². The van der Waals surface area contributed by atoms with E-state index in [1.165, 1.54) is 12.5 Å². The van der Waals surface area contributed by atoms with Gasteiger partial charge < -0.3 is 37.5 Å². The Labute approximate surface area is 196 Å². The number of amides is 3. The molecule has 1 heterocycles. The van der Waals surface area contributed by atoms with Crippen LogP contribution in [0, 0.1) is 0 Å². The van der Waals surface area contributed by atoms with Gasteiger partial charge in [-0.15, -0.1) is 0 Å². The van der Waals surface area contributed by atoms with Crippen LogP contribution < -0.4 is 27.4 Å². The fourth-order valence-electron chi connectivity index (χ4n) is 2.68. The number of thiol groups is 2. The molecule has 0 spiro atoms. The van der Waals surface area contributed by atoms with Crippen LogP contribution in [0.4, 0.5) is 0 Å². The minimum atomic E-state index is -1.24. The summed E-state index contributed by atoms with van der Waals surface area (Å²) in [4.78, 5) is 55.9. The highest BCUT2D eigenvalue weighted by Crippen LogP contribution is 2.05. The number of unbranched alkanes of at least 4 members (excludes halogenated alkanes) is 1. The lowest BCUT2D eigenvalue weighted by atomic mass is 10.1. The normalized spacial score (nSPS) is 14.6. The maximum atomic E-state index is 13.0. The van der Waals surface area contributed by atoms with E-state index in [4.69, 9.17) is 16.6 Å². The SMILES string of the molecule is NCCCC[C@H](NC(=O)[C@H](Cc1cnc[nH]1)NC(=O)[C@@H](N)CS)C(=O)N[C@@H](CS)C(=O)O. The third kappa shape index (κ3) is 9.46. The fourth-order valence-corrected chi connectivity index (χ4v) is 3.09. The Morgan fingerprint density at radius 1 is 1.00 bits per heavy atom. The van der Waals surface area contributed by atoms with E-state index in [0.717, 1.165) is 0 Å². The second-order valence-corrected chi connectivity index (χ2v) is 7.79. The van der Waals surface area contributed by atoms with Crippen LogP contribution in [0.5, 0.6) is 0 Å². The summed E-state index contributed by atoms with van der Waals surface area (Å²) in [6.45, 7) is 0.400. The van der Waals surface area contributed by atoms with E-state index in [-0.39, 0.29) is 24.3 Å². The van der Waals surface area contributed by atoms with E-state index < -0.39 is 47.9 Å². The van der Waals surface area contributed by atoms with Crippen molar-refractivity contribution in [2.24, 2.45) is 11.5 Å². The zero-order valence-corrected chi connectivity index (χ0v) is 19.3. The van der Waals surface area contributed by atoms with E-state index in [0.29, 0.717) is 25.1 Å². The van der Waals surface area contributed by atoms with Gasteiger partial charge in [-0.2, -0.15) is 25.3 Å². The number of aromatic amines is 1. The quantitative estimate of drug-likeness (QED) is 0.0974. The second kappa shape index (κ2) is 14.7. The van der Waals surface area contributed by atoms with Crippen molar-refractivity contribution < 1.29 is 24.3 Å². The van der Waals surface area contributed by atoms with Crippen LogP contribution in [-0.4, -0.2) is 81.0 Å². The van der Waals surface area contributed by atoms with E-state index in [2.05, 4.69) is 51.2 Å². The minimum absolute atomic E-state index is 0.0718. The van der Waals surface area contributed by atoms with Crippen LogP contribution >= 0.6 is 25.3 Å². The van der Waals surface area contributed by atoms with Gasteiger partial charge in [-0.3, -0.25) is 14.4 Å². The number of nitrogens with two attached hydrogens (primary N) is 2. The molecule has 1 aromatic heterocycles. The zero-order valence-electron chi connectivity index (χ0n) is 17.5. The molecular formula is C18H31N7O5S2. The molecule has 3 amide bonds. The molecule has 180 valence electrons. The molecule has 4 atom stereocenters. The summed E-state index contributed by atoms with van der Waals surface area (Å²) >= 11 is 7.91. The molecular weight excluding hydrogens is 458 g/mol. The van der Waals surface area contributed by atoms with Crippen molar-refractivity contribution in [2.75, 3.05) is 18.1 Å². The van der Waals surface area contributed by atoms with Crippen LogP contribution in [0.1, 0.15) is 25.0 Å². The Hall–Kier alpha value is -2.29. The lowest BCUT2D eigenvalue weighted by molar-refractivity contribution is -0.141. The molecule has 0 fully saturated rings. The number of carbonyl (C=O) groups is 4. The summed E-state index contributed by atoms with van der Waals surface area (Å²) in [7, 11) is 0. The average Bonchev–Trinajstić information content (AvgIpc) is 3.28. The number of carboxylic acids is 1. The lowest BCUT2D eigenvalue weighted by Crippen LogP contribution is -2.58. The van der Waals surface area contributed by atoms with Gasteiger partial charge >= 0.3 is 5.97 Å². The molecule has 0 aliphatic heterocycles. The summed E-state index contributed by atoms with van der Waals surface area (Å²) in [5.41, 5.74) is 11.8. The highest BCUT2D eigenvalue weighted by molar-refractivity contribution is 7.80. The third-order valence-electron chi connectivity index (χ3n) is 4.52. The molecule has 12 nitrogen and oxygen atoms in total. The van der Waals surface area contributed by atoms with Crippen molar-refractivity contribution in [1.82, 2.24) is 25.9 Å². The Bertz CT molecular complexity index is 750. The van der Waals surface area contributed by atoms with Crippen molar-refractivity contribution in [2.45, 2.75) is 49.9 Å². The summed E-state index contributed by atoms with van der Waals surface area (Å²) in [5.74, 6) is -3.17. The smallest absolute Gasteiger partial charge is 0.327 e. The predicted molar refractivity (Wildman–Crippen MR) is 124 cm³/mol. The van der Waals surface area contributed by atoms with E-state index in [1.807, 2.05) is 0 Å². The van der Waals surface area contributed by atoms with Crippen molar-refractivity contribution >= 4 is 48.9 Å². The van der Waals surface area contributed by atoms with Crippen molar-refractivity contribution in [3.8, 4) is 0 Å². The van der Waals surface area contributed by atoms with E-state index >= 15 is 0 Å². The first-order valence-corrected chi connectivity index (χ1v) is 11.3. The first kappa shape index (κ1) is 27.7. The molecule has 14 heteroatoms. The maximum absolute atomic E-state index is 13.0. The third-order valence-corrected chi connectivity index (χ3v) is 5.28. The Morgan fingerprint density at radius 2 is 1.62 bits per heavy atom. The average molecular weight is 490 g/mol. The summed E-state index contributed by atoms with van der Waals surface area (Å²) in [6, 6.07) is -4.23. The molecule has 0 saturated heterocycles. The van der Waals surface area contributed by atoms with E-state index in [1.54, 1.807) is 0 Å². The zero-order chi connectivity index (χ0) is 24.1. The molecule has 9 N–H and O–H groups in total. The van der Waals surface area contributed by atoms with Gasteiger partial charge in [0.1, 0.15) is 18.1 Å². The van der Waals surface area contributed by atoms with Crippen LogP contribution in [0.3, 0.4) is 0 Å². The minimum Gasteiger partial charge on any atom is -0.480 e. The molecule has 32 heavy (non-hydrogen) atoms. The lowest BCUT2D eigenvalue weighted by Gasteiger charge is -2.24. The largest absolute Gasteiger partial charge is 0.480 e.